The van der Waals surface area contributed by atoms with Crippen molar-refractivity contribution in [1.82, 2.24) is 4.98 Å². The molecule has 0 fully saturated rings. The second kappa shape index (κ2) is 6.34. The third-order valence-corrected chi connectivity index (χ3v) is 3.21. The van der Waals surface area contributed by atoms with Crippen LogP contribution in [-0.4, -0.2) is 17.4 Å². The van der Waals surface area contributed by atoms with E-state index in [0.717, 1.165) is 4.88 Å². The van der Waals surface area contributed by atoms with Crippen molar-refractivity contribution < 1.29 is 4.79 Å². The van der Waals surface area contributed by atoms with Gasteiger partial charge in [0.1, 0.15) is 5.82 Å². The third-order valence-electron chi connectivity index (χ3n) is 2.14. The molecule has 0 spiro atoms. The Morgan fingerprint density at radius 3 is 3.05 bits per heavy atom. The Kier molecular flexibility index (Phi) is 4.53. The first-order valence-corrected chi connectivity index (χ1v) is 6.65. The van der Waals surface area contributed by atoms with Crippen molar-refractivity contribution in [3.63, 3.8) is 0 Å². The maximum absolute atomic E-state index is 11.9. The van der Waals surface area contributed by atoms with Crippen molar-refractivity contribution >= 4 is 34.7 Å². The molecule has 0 saturated carbocycles. The van der Waals surface area contributed by atoms with Crippen molar-refractivity contribution in [2.45, 2.75) is 0 Å². The molecule has 0 atom stereocenters. The summed E-state index contributed by atoms with van der Waals surface area (Å²) in [4.78, 5) is 16.7. The maximum Gasteiger partial charge on any atom is 0.257 e. The average molecular weight is 292 g/mol. The van der Waals surface area contributed by atoms with Crippen molar-refractivity contribution in [3.8, 4) is 11.8 Å². The first-order valence-electron chi connectivity index (χ1n) is 5.39. The molecule has 19 heavy (non-hydrogen) atoms. The molecule has 0 aromatic carbocycles. The molecule has 2 aromatic rings. The van der Waals surface area contributed by atoms with E-state index in [9.17, 15) is 4.79 Å². The molecule has 0 radical (unpaired) electrons. The molecule has 2 aromatic heterocycles. The van der Waals surface area contributed by atoms with Gasteiger partial charge in [-0.3, -0.25) is 4.79 Å². The number of nitrogens with one attached hydrogen (secondary N) is 1. The quantitative estimate of drug-likeness (QED) is 0.835. The summed E-state index contributed by atoms with van der Waals surface area (Å²) in [6.45, 7) is 0.300. The topological polar surface area (TPSA) is 68.0 Å². The van der Waals surface area contributed by atoms with E-state index in [2.05, 4.69) is 22.1 Å². The minimum absolute atomic E-state index is 0.230. The molecule has 0 aliphatic rings. The minimum atomic E-state index is -0.230. The molecule has 2 heterocycles. The van der Waals surface area contributed by atoms with E-state index >= 15 is 0 Å². The van der Waals surface area contributed by atoms with E-state index in [1.54, 1.807) is 23.6 Å². The highest BCUT2D eigenvalue weighted by Crippen LogP contribution is 2.16. The molecule has 0 bridgehead atoms. The summed E-state index contributed by atoms with van der Waals surface area (Å²) in [6, 6.07) is 5.02. The van der Waals surface area contributed by atoms with Crippen LogP contribution in [0.3, 0.4) is 0 Å². The molecule has 0 saturated heterocycles. The van der Waals surface area contributed by atoms with E-state index < -0.39 is 0 Å². The van der Waals surface area contributed by atoms with Crippen LogP contribution >= 0.6 is 22.9 Å². The predicted molar refractivity (Wildman–Crippen MR) is 77.5 cm³/mol. The van der Waals surface area contributed by atoms with Gasteiger partial charge in [-0.2, -0.15) is 0 Å². The minimum Gasteiger partial charge on any atom is -0.320 e. The van der Waals surface area contributed by atoms with Crippen LogP contribution in [0.1, 0.15) is 15.2 Å². The number of nitrogens with two attached hydrogens (primary N) is 1. The molecule has 2 rings (SSSR count). The average Bonchev–Trinajstić information content (AvgIpc) is 2.88. The second-order valence-corrected chi connectivity index (χ2v) is 4.87. The number of pyridine rings is 1. The van der Waals surface area contributed by atoms with Gasteiger partial charge in [-0.25, -0.2) is 4.98 Å². The number of aromatic nitrogens is 1. The Morgan fingerprint density at radius 1 is 1.53 bits per heavy atom. The molecular weight excluding hydrogens is 282 g/mol. The number of amides is 1. The smallest absolute Gasteiger partial charge is 0.257 e. The summed E-state index contributed by atoms with van der Waals surface area (Å²) in [5.74, 6) is 5.85. The summed E-state index contributed by atoms with van der Waals surface area (Å²) in [6.07, 6.45) is 1.48. The van der Waals surface area contributed by atoms with Crippen molar-refractivity contribution in [2.24, 2.45) is 5.73 Å². The Hall–Kier alpha value is -1.87. The van der Waals surface area contributed by atoms with Gasteiger partial charge in [-0.1, -0.05) is 23.4 Å². The van der Waals surface area contributed by atoms with Crippen LogP contribution in [0.2, 0.25) is 5.02 Å². The molecule has 96 valence electrons. The van der Waals surface area contributed by atoms with E-state index in [-0.39, 0.29) is 5.91 Å². The normalized spacial score (nSPS) is 9.58. The Morgan fingerprint density at radius 2 is 2.37 bits per heavy atom. The summed E-state index contributed by atoms with van der Waals surface area (Å²) >= 11 is 7.12. The van der Waals surface area contributed by atoms with Gasteiger partial charge in [0.05, 0.1) is 22.0 Å². The fourth-order valence-corrected chi connectivity index (χ4v) is 2.16. The van der Waals surface area contributed by atoms with Gasteiger partial charge in [-0.15, -0.1) is 11.3 Å². The number of hydrogen-bond donors (Lipinski definition) is 2. The van der Waals surface area contributed by atoms with Crippen LogP contribution in [0.4, 0.5) is 5.82 Å². The van der Waals surface area contributed by atoms with Crippen LogP contribution in [-0.2, 0) is 0 Å². The largest absolute Gasteiger partial charge is 0.320 e. The van der Waals surface area contributed by atoms with Crippen LogP contribution in [0.5, 0.6) is 0 Å². The fourth-order valence-electron chi connectivity index (χ4n) is 1.30. The van der Waals surface area contributed by atoms with Crippen molar-refractivity contribution in [1.29, 1.82) is 0 Å². The highest BCUT2D eigenvalue weighted by atomic mass is 35.5. The Balaban J connectivity index is 2.07. The van der Waals surface area contributed by atoms with Gasteiger partial charge in [0.2, 0.25) is 0 Å². The zero-order valence-corrected chi connectivity index (χ0v) is 11.4. The van der Waals surface area contributed by atoms with Crippen LogP contribution in [0.25, 0.3) is 0 Å². The molecular formula is C13H10ClN3OS. The lowest BCUT2D eigenvalue weighted by molar-refractivity contribution is 0.102. The monoisotopic (exact) mass is 291 g/mol. The molecule has 4 nitrogen and oxygen atoms in total. The molecule has 0 unspecified atom stereocenters. The molecule has 0 aliphatic carbocycles. The summed E-state index contributed by atoms with van der Waals surface area (Å²) < 4.78 is 0. The lowest BCUT2D eigenvalue weighted by Crippen LogP contribution is -2.11. The van der Waals surface area contributed by atoms with Crippen molar-refractivity contribution in [3.05, 3.63) is 45.2 Å². The van der Waals surface area contributed by atoms with E-state index in [1.807, 2.05) is 0 Å². The Bertz CT molecular complexity index is 640. The highest BCUT2D eigenvalue weighted by Gasteiger charge is 2.08. The van der Waals surface area contributed by atoms with Crippen LogP contribution < -0.4 is 11.1 Å². The number of rotatable bonds is 2. The molecule has 3 N–H and O–H groups in total. The third kappa shape index (κ3) is 3.80. The summed E-state index contributed by atoms with van der Waals surface area (Å²) in [5.41, 5.74) is 5.83. The molecule has 1 amide bonds. The van der Waals surface area contributed by atoms with Gasteiger partial charge >= 0.3 is 0 Å². The van der Waals surface area contributed by atoms with E-state index in [1.165, 1.54) is 17.5 Å². The van der Waals surface area contributed by atoms with Gasteiger partial charge in [0.25, 0.3) is 5.91 Å². The first-order chi connectivity index (χ1) is 9.19. The number of thiophene rings is 1. The summed E-state index contributed by atoms with van der Waals surface area (Å²) in [5, 5.41) is 4.94. The zero-order valence-electron chi connectivity index (χ0n) is 9.81. The van der Waals surface area contributed by atoms with Gasteiger partial charge in [0, 0.05) is 11.6 Å². The van der Waals surface area contributed by atoms with Gasteiger partial charge < -0.3 is 11.1 Å². The predicted octanol–water partition coefficient (Wildman–Crippen LogP) is 2.36. The number of halogens is 1. The lowest BCUT2D eigenvalue weighted by atomic mass is 10.3. The SMILES string of the molecule is NCC#Cc1cc(C(=O)Nc2ccc(Cl)cn2)cs1. The number of carbonyl (C=O) groups excluding carboxylic acids is 1. The van der Waals surface area contributed by atoms with Gasteiger partial charge in [0.15, 0.2) is 0 Å². The molecule has 0 aliphatic heterocycles. The van der Waals surface area contributed by atoms with Crippen molar-refractivity contribution in [2.75, 3.05) is 11.9 Å². The van der Waals surface area contributed by atoms with E-state index in [0.29, 0.717) is 22.9 Å². The van der Waals surface area contributed by atoms with Crippen LogP contribution in [0.15, 0.2) is 29.8 Å². The maximum atomic E-state index is 11.9. The number of nitrogens with zero attached hydrogens (tertiary/aromatic N) is 1. The lowest BCUT2D eigenvalue weighted by Gasteiger charge is -2.01. The van der Waals surface area contributed by atoms with E-state index in [4.69, 9.17) is 17.3 Å². The first kappa shape index (κ1) is 13.6. The fraction of sp³-hybridized carbons (Fsp3) is 0.0769. The standard InChI is InChI=1S/C13H10ClN3OS/c14-10-3-4-12(16-7-10)17-13(18)9-6-11(19-8-9)2-1-5-15/h3-4,6-8H,5,15H2,(H,16,17,18). The second-order valence-electron chi connectivity index (χ2n) is 3.52. The number of carbonyl (C=O) groups is 1. The van der Waals surface area contributed by atoms with Gasteiger partial charge in [-0.05, 0) is 18.2 Å². The molecule has 6 heteroatoms. The number of anilines is 1. The Labute approximate surface area is 119 Å². The zero-order chi connectivity index (χ0) is 13.7. The highest BCUT2D eigenvalue weighted by molar-refractivity contribution is 7.10. The van der Waals surface area contributed by atoms with Crippen LogP contribution in [0, 0.1) is 11.8 Å². The number of hydrogen-bond acceptors (Lipinski definition) is 4. The summed E-state index contributed by atoms with van der Waals surface area (Å²) in [7, 11) is 0.